The molecule has 0 fully saturated rings. The fourth-order valence-electron chi connectivity index (χ4n) is 2.11. The van der Waals surface area contributed by atoms with Crippen LogP contribution in [0.15, 0.2) is 36.9 Å². The molecular formula is C16H13FN8O. The molecule has 0 aliphatic rings. The lowest BCUT2D eigenvalue weighted by Gasteiger charge is -2.07. The summed E-state index contributed by atoms with van der Waals surface area (Å²) in [6.07, 6.45) is 5.91. The number of hydrogen-bond donors (Lipinski definition) is 2. The number of nitrogens with one attached hydrogen (secondary N) is 2. The maximum absolute atomic E-state index is 14.2. The summed E-state index contributed by atoms with van der Waals surface area (Å²) in [4.78, 5) is 23.7. The van der Waals surface area contributed by atoms with Crippen LogP contribution >= 0.6 is 0 Å². The molecule has 3 rings (SSSR count). The molecule has 0 spiro atoms. The smallest absolute Gasteiger partial charge is 0.239 e. The molecule has 0 aromatic carbocycles. The van der Waals surface area contributed by atoms with Gasteiger partial charge in [-0.15, -0.1) is 0 Å². The van der Waals surface area contributed by atoms with Gasteiger partial charge in [0.25, 0.3) is 0 Å². The molecule has 0 bridgehead atoms. The Labute approximate surface area is 147 Å². The Bertz CT molecular complexity index is 994. The van der Waals surface area contributed by atoms with Gasteiger partial charge in [0.2, 0.25) is 11.9 Å². The lowest BCUT2D eigenvalue weighted by atomic mass is 10.2. The fraction of sp³-hybridized carbons (Fsp3) is 0.125. The maximum Gasteiger partial charge on any atom is 0.239 e. The number of carbonyl (C=O) groups excluding carboxylic acids is 1. The molecule has 0 aliphatic heterocycles. The minimum absolute atomic E-state index is 0.239. The summed E-state index contributed by atoms with van der Waals surface area (Å²) in [5.74, 6) is -1.27. The van der Waals surface area contributed by atoms with E-state index >= 15 is 0 Å². The number of amides is 1. The van der Waals surface area contributed by atoms with E-state index in [0.717, 1.165) is 0 Å². The van der Waals surface area contributed by atoms with Crippen LogP contribution in [0.1, 0.15) is 6.42 Å². The molecule has 0 saturated carbocycles. The first-order chi connectivity index (χ1) is 12.5. The number of aryl methyl sites for hydroxylation is 1. The first-order valence-corrected chi connectivity index (χ1v) is 7.46. The molecule has 0 atom stereocenters. The van der Waals surface area contributed by atoms with Crippen LogP contribution in [0.3, 0.4) is 0 Å². The van der Waals surface area contributed by atoms with E-state index < -0.39 is 11.7 Å². The van der Waals surface area contributed by atoms with Gasteiger partial charge in [0, 0.05) is 31.2 Å². The highest BCUT2D eigenvalue weighted by Crippen LogP contribution is 2.22. The van der Waals surface area contributed by atoms with Gasteiger partial charge in [0.1, 0.15) is 6.42 Å². The van der Waals surface area contributed by atoms with Gasteiger partial charge in [0.05, 0.1) is 23.6 Å². The van der Waals surface area contributed by atoms with E-state index in [0.29, 0.717) is 22.9 Å². The Hall–Kier alpha value is -3.87. The number of aromatic nitrogens is 5. The second kappa shape index (κ2) is 7.35. The number of hydrogen-bond acceptors (Lipinski definition) is 7. The molecule has 3 aromatic rings. The predicted octanol–water partition coefficient (Wildman–Crippen LogP) is 2.01. The Morgan fingerprint density at radius 1 is 1.38 bits per heavy atom. The van der Waals surface area contributed by atoms with Crippen molar-refractivity contribution in [1.29, 1.82) is 5.26 Å². The van der Waals surface area contributed by atoms with E-state index in [1.807, 2.05) is 0 Å². The van der Waals surface area contributed by atoms with Crippen molar-refractivity contribution in [2.24, 2.45) is 7.05 Å². The summed E-state index contributed by atoms with van der Waals surface area (Å²) in [5, 5.41) is 17.7. The first kappa shape index (κ1) is 17.0. The Morgan fingerprint density at radius 3 is 2.92 bits per heavy atom. The average molecular weight is 352 g/mol. The Balaban J connectivity index is 1.80. The number of nitrogens with zero attached hydrogens (tertiary/aromatic N) is 6. The summed E-state index contributed by atoms with van der Waals surface area (Å²) < 4.78 is 15.8. The van der Waals surface area contributed by atoms with Crippen LogP contribution in [0.5, 0.6) is 0 Å². The molecule has 0 radical (unpaired) electrons. The molecule has 0 unspecified atom stereocenters. The monoisotopic (exact) mass is 352 g/mol. The highest BCUT2D eigenvalue weighted by molar-refractivity contribution is 5.91. The number of nitriles is 1. The van der Waals surface area contributed by atoms with Crippen LogP contribution in [0.4, 0.5) is 21.8 Å². The van der Waals surface area contributed by atoms with Crippen LogP contribution < -0.4 is 10.6 Å². The Morgan fingerprint density at radius 2 is 2.23 bits per heavy atom. The maximum atomic E-state index is 14.2. The number of pyridine rings is 1. The van der Waals surface area contributed by atoms with Gasteiger partial charge in [-0.25, -0.2) is 19.3 Å². The van der Waals surface area contributed by atoms with Crippen molar-refractivity contribution in [1.82, 2.24) is 24.7 Å². The van der Waals surface area contributed by atoms with Crippen molar-refractivity contribution < 1.29 is 9.18 Å². The topological polar surface area (TPSA) is 121 Å². The number of halogens is 1. The summed E-state index contributed by atoms with van der Waals surface area (Å²) in [6.45, 7) is 0. The van der Waals surface area contributed by atoms with Crippen LogP contribution in [-0.2, 0) is 11.8 Å². The molecule has 2 N–H and O–H groups in total. The molecule has 1 amide bonds. The SMILES string of the molecule is Cn1cc(Nc2nccc(-c3cnc(NC(=O)CC#N)c(F)c3)n2)cn1. The van der Waals surface area contributed by atoms with Crippen LogP contribution in [0.25, 0.3) is 11.3 Å². The fourth-order valence-corrected chi connectivity index (χ4v) is 2.11. The number of anilines is 3. The van der Waals surface area contributed by atoms with Crippen molar-refractivity contribution in [2.45, 2.75) is 6.42 Å². The van der Waals surface area contributed by atoms with Crippen LogP contribution in [0, 0.1) is 17.1 Å². The molecule has 26 heavy (non-hydrogen) atoms. The molecule has 3 heterocycles. The second-order valence-electron chi connectivity index (χ2n) is 5.23. The van der Waals surface area contributed by atoms with E-state index in [1.54, 1.807) is 36.3 Å². The summed E-state index contributed by atoms with van der Waals surface area (Å²) in [6, 6.07) is 4.49. The molecule has 9 nitrogen and oxygen atoms in total. The third-order valence-electron chi connectivity index (χ3n) is 3.25. The van der Waals surface area contributed by atoms with Crippen molar-refractivity contribution in [3.05, 3.63) is 42.7 Å². The van der Waals surface area contributed by atoms with Gasteiger partial charge in [0.15, 0.2) is 11.6 Å². The van der Waals surface area contributed by atoms with Crippen LogP contribution in [0.2, 0.25) is 0 Å². The van der Waals surface area contributed by atoms with Gasteiger partial charge in [-0.05, 0) is 12.1 Å². The van der Waals surface area contributed by atoms with E-state index in [4.69, 9.17) is 5.26 Å². The first-order valence-electron chi connectivity index (χ1n) is 7.46. The normalized spacial score (nSPS) is 10.2. The highest BCUT2D eigenvalue weighted by Gasteiger charge is 2.11. The molecule has 3 aromatic heterocycles. The summed E-state index contributed by atoms with van der Waals surface area (Å²) in [7, 11) is 1.79. The molecule has 0 aliphatic carbocycles. The van der Waals surface area contributed by atoms with Crippen LogP contribution in [-0.4, -0.2) is 30.6 Å². The van der Waals surface area contributed by atoms with E-state index in [-0.39, 0.29) is 12.2 Å². The number of rotatable bonds is 5. The quantitative estimate of drug-likeness (QED) is 0.720. The van der Waals surface area contributed by atoms with Gasteiger partial charge in [-0.2, -0.15) is 10.4 Å². The molecule has 10 heteroatoms. The molecule has 130 valence electrons. The minimum atomic E-state index is -0.728. The summed E-state index contributed by atoms with van der Waals surface area (Å²) in [5.41, 5.74) is 1.58. The van der Waals surface area contributed by atoms with Crippen molar-refractivity contribution in [3.63, 3.8) is 0 Å². The van der Waals surface area contributed by atoms with Crippen molar-refractivity contribution in [2.75, 3.05) is 10.6 Å². The van der Waals surface area contributed by atoms with Crippen molar-refractivity contribution in [3.8, 4) is 17.3 Å². The highest BCUT2D eigenvalue weighted by atomic mass is 19.1. The largest absolute Gasteiger partial charge is 0.321 e. The van der Waals surface area contributed by atoms with Gasteiger partial charge in [-0.1, -0.05) is 0 Å². The zero-order valence-electron chi connectivity index (χ0n) is 13.6. The minimum Gasteiger partial charge on any atom is -0.321 e. The van der Waals surface area contributed by atoms with Gasteiger partial charge < -0.3 is 10.6 Å². The average Bonchev–Trinajstić information content (AvgIpc) is 3.02. The lowest BCUT2D eigenvalue weighted by molar-refractivity contribution is -0.115. The Kier molecular flexibility index (Phi) is 4.80. The third-order valence-corrected chi connectivity index (χ3v) is 3.25. The second-order valence-corrected chi connectivity index (χ2v) is 5.23. The summed E-state index contributed by atoms with van der Waals surface area (Å²) >= 11 is 0. The predicted molar refractivity (Wildman–Crippen MR) is 90.6 cm³/mol. The van der Waals surface area contributed by atoms with Gasteiger partial charge >= 0.3 is 0 Å². The lowest BCUT2D eigenvalue weighted by Crippen LogP contribution is -2.12. The molecule has 0 saturated heterocycles. The van der Waals surface area contributed by atoms with Gasteiger partial charge in [-0.3, -0.25) is 9.48 Å². The zero-order valence-corrected chi connectivity index (χ0v) is 13.6. The van der Waals surface area contributed by atoms with E-state index in [9.17, 15) is 9.18 Å². The van der Waals surface area contributed by atoms with E-state index in [2.05, 4.69) is 30.7 Å². The zero-order chi connectivity index (χ0) is 18.5. The standard InChI is InChI=1S/C16H13FN8O/c1-25-9-11(8-21-25)22-16-19-5-3-13(23-16)10-6-12(17)15(20-7-10)24-14(26)2-4-18/h3,5-9H,2H2,1H3,(H,19,22,23)(H,20,24,26). The van der Waals surface area contributed by atoms with E-state index in [1.165, 1.54) is 18.5 Å². The van der Waals surface area contributed by atoms with Crippen molar-refractivity contribution >= 4 is 23.4 Å². The third kappa shape index (κ3) is 3.96. The number of carbonyl (C=O) groups is 1. The molecular weight excluding hydrogens is 339 g/mol.